The van der Waals surface area contributed by atoms with Gasteiger partial charge in [-0.3, -0.25) is 9.10 Å². The highest BCUT2D eigenvalue weighted by molar-refractivity contribution is 7.92. The van der Waals surface area contributed by atoms with Crippen molar-refractivity contribution >= 4 is 21.6 Å². The number of sulfonamides is 1. The molecule has 3 aromatic carbocycles. The van der Waals surface area contributed by atoms with Gasteiger partial charge in [0.1, 0.15) is 6.61 Å². The number of aryl methyl sites for hydroxylation is 2. The van der Waals surface area contributed by atoms with Crippen molar-refractivity contribution < 1.29 is 22.7 Å². The maximum absolute atomic E-state index is 12.5. The lowest BCUT2D eigenvalue weighted by Gasteiger charge is -2.26. The first kappa shape index (κ1) is 25.1. The third-order valence-electron chi connectivity index (χ3n) is 5.35. The molecular formula is C26H30N2O5S. The molecule has 0 spiro atoms. The summed E-state index contributed by atoms with van der Waals surface area (Å²) < 4.78 is 37.4. The minimum absolute atomic E-state index is 0.180. The Morgan fingerprint density at radius 1 is 0.912 bits per heavy atom. The highest BCUT2D eigenvalue weighted by Crippen LogP contribution is 2.28. The number of carbonyl (C=O) groups is 1. The topological polar surface area (TPSA) is 84.9 Å². The molecule has 0 aliphatic heterocycles. The summed E-state index contributed by atoms with van der Waals surface area (Å²) in [4.78, 5) is 12.5. The summed E-state index contributed by atoms with van der Waals surface area (Å²) in [6, 6.07) is 19.9. The third-order valence-corrected chi connectivity index (χ3v) is 6.46. The number of anilines is 1. The molecule has 0 fully saturated rings. The van der Waals surface area contributed by atoms with Gasteiger partial charge in [-0.1, -0.05) is 42.5 Å². The Bertz CT molecular complexity index is 1220. The predicted molar refractivity (Wildman–Crippen MR) is 134 cm³/mol. The number of nitrogens with one attached hydrogen (secondary N) is 1. The number of carbonyl (C=O) groups excluding carboxylic acids is 1. The Hall–Kier alpha value is -3.52. The first-order valence-electron chi connectivity index (χ1n) is 10.9. The normalized spacial score (nSPS) is 11.1. The molecule has 0 heterocycles. The fraction of sp³-hybridized carbons (Fsp3) is 0.269. The minimum atomic E-state index is -3.50. The van der Waals surface area contributed by atoms with Gasteiger partial charge in [-0.15, -0.1) is 0 Å². The lowest BCUT2D eigenvalue weighted by atomic mass is 10.1. The van der Waals surface area contributed by atoms with Gasteiger partial charge in [0.25, 0.3) is 5.91 Å². The first-order valence-corrected chi connectivity index (χ1v) is 12.7. The standard InChI is InChI=1S/C26H30N2O5S/c1-19-8-7-9-20(2)25(19)28(34(4,30)31)18-21-12-14-22(15-13-21)26(29)27-16-17-33-24-11-6-5-10-23(24)32-3/h5-15H,16-18H2,1-4H3,(H,27,29). The van der Waals surface area contributed by atoms with Crippen molar-refractivity contribution in [3.05, 3.63) is 89.0 Å². The van der Waals surface area contributed by atoms with Crippen LogP contribution in [0.5, 0.6) is 11.5 Å². The van der Waals surface area contributed by atoms with Gasteiger partial charge in [-0.25, -0.2) is 8.42 Å². The predicted octanol–water partition coefficient (Wildman–Crippen LogP) is 4.09. The van der Waals surface area contributed by atoms with E-state index in [1.165, 1.54) is 10.6 Å². The zero-order valence-electron chi connectivity index (χ0n) is 19.9. The number of ether oxygens (including phenoxy) is 2. The Morgan fingerprint density at radius 3 is 2.12 bits per heavy atom. The zero-order valence-corrected chi connectivity index (χ0v) is 20.7. The minimum Gasteiger partial charge on any atom is -0.493 e. The molecule has 0 aliphatic carbocycles. The average Bonchev–Trinajstić information content (AvgIpc) is 2.81. The van der Waals surface area contributed by atoms with Gasteiger partial charge in [0, 0.05) is 5.56 Å². The van der Waals surface area contributed by atoms with E-state index in [9.17, 15) is 13.2 Å². The van der Waals surface area contributed by atoms with Crippen LogP contribution >= 0.6 is 0 Å². The Labute approximate surface area is 201 Å². The van der Waals surface area contributed by atoms with Crippen LogP contribution in [0.3, 0.4) is 0 Å². The van der Waals surface area contributed by atoms with Gasteiger partial charge in [0.2, 0.25) is 10.0 Å². The van der Waals surface area contributed by atoms with Crippen molar-refractivity contribution in [2.45, 2.75) is 20.4 Å². The summed E-state index contributed by atoms with van der Waals surface area (Å²) in [6.45, 7) is 4.59. The summed E-state index contributed by atoms with van der Waals surface area (Å²) in [5.41, 5.74) is 3.72. The number of amides is 1. The number of rotatable bonds is 10. The number of nitrogens with zero attached hydrogens (tertiary/aromatic N) is 1. The van der Waals surface area contributed by atoms with Crippen LogP contribution in [-0.2, 0) is 16.6 Å². The molecule has 1 amide bonds. The Balaban J connectivity index is 1.62. The summed E-state index contributed by atoms with van der Waals surface area (Å²) in [5.74, 6) is 1.02. The molecule has 8 heteroatoms. The second kappa shape index (κ2) is 11.1. The number of methoxy groups -OCH3 is 1. The first-order chi connectivity index (χ1) is 16.2. The number of para-hydroxylation sites is 3. The monoisotopic (exact) mass is 482 g/mol. The quantitative estimate of drug-likeness (QED) is 0.440. The summed E-state index contributed by atoms with van der Waals surface area (Å²) in [5, 5.41) is 2.82. The van der Waals surface area contributed by atoms with E-state index in [-0.39, 0.29) is 12.5 Å². The van der Waals surface area contributed by atoms with Crippen molar-refractivity contribution in [1.29, 1.82) is 0 Å². The van der Waals surface area contributed by atoms with Crippen molar-refractivity contribution in [2.24, 2.45) is 0 Å². The SMILES string of the molecule is COc1ccccc1OCCNC(=O)c1ccc(CN(c2c(C)cccc2C)S(C)(=O)=O)cc1. The van der Waals surface area contributed by atoms with Crippen LogP contribution < -0.4 is 19.1 Å². The molecule has 0 unspecified atom stereocenters. The van der Waals surface area contributed by atoms with E-state index < -0.39 is 10.0 Å². The van der Waals surface area contributed by atoms with Gasteiger partial charge >= 0.3 is 0 Å². The fourth-order valence-electron chi connectivity index (χ4n) is 3.65. The lowest BCUT2D eigenvalue weighted by molar-refractivity contribution is 0.0947. The maximum Gasteiger partial charge on any atom is 0.251 e. The van der Waals surface area contributed by atoms with Crippen molar-refractivity contribution in [2.75, 3.05) is 30.8 Å². The summed E-state index contributed by atoms with van der Waals surface area (Å²) in [7, 11) is -1.92. The van der Waals surface area contributed by atoms with Crippen LogP contribution in [0, 0.1) is 13.8 Å². The number of benzene rings is 3. The van der Waals surface area contributed by atoms with Crippen molar-refractivity contribution in [3.63, 3.8) is 0 Å². The molecular weight excluding hydrogens is 452 g/mol. The Kier molecular flexibility index (Phi) is 8.17. The number of hydrogen-bond donors (Lipinski definition) is 1. The van der Waals surface area contributed by atoms with Crippen molar-refractivity contribution in [3.8, 4) is 11.5 Å². The average molecular weight is 483 g/mol. The van der Waals surface area contributed by atoms with Crippen LogP contribution in [0.25, 0.3) is 0 Å². The molecule has 3 aromatic rings. The van der Waals surface area contributed by atoms with Crippen molar-refractivity contribution in [1.82, 2.24) is 5.32 Å². The maximum atomic E-state index is 12.5. The summed E-state index contributed by atoms with van der Waals surface area (Å²) >= 11 is 0. The van der Waals surface area contributed by atoms with Gasteiger partial charge < -0.3 is 14.8 Å². The molecule has 0 radical (unpaired) electrons. The van der Waals surface area contributed by atoms with Crippen LogP contribution in [0.2, 0.25) is 0 Å². The molecule has 180 valence electrons. The third kappa shape index (κ3) is 6.29. The van der Waals surface area contributed by atoms with E-state index in [2.05, 4.69) is 5.32 Å². The van der Waals surface area contributed by atoms with Gasteiger partial charge in [-0.2, -0.15) is 0 Å². The molecule has 3 rings (SSSR count). The second-order valence-corrected chi connectivity index (χ2v) is 9.87. The molecule has 0 bridgehead atoms. The molecule has 7 nitrogen and oxygen atoms in total. The molecule has 1 N–H and O–H groups in total. The molecule has 0 saturated carbocycles. The molecule has 0 saturated heterocycles. The van der Waals surface area contributed by atoms with Crippen LogP contribution in [0.15, 0.2) is 66.7 Å². The van der Waals surface area contributed by atoms with E-state index in [4.69, 9.17) is 9.47 Å². The second-order valence-electron chi connectivity index (χ2n) is 7.96. The van der Waals surface area contributed by atoms with Crippen LogP contribution in [0.1, 0.15) is 27.0 Å². The fourth-order valence-corrected chi connectivity index (χ4v) is 4.66. The highest BCUT2D eigenvalue weighted by Gasteiger charge is 2.21. The Morgan fingerprint density at radius 2 is 1.53 bits per heavy atom. The van der Waals surface area contributed by atoms with E-state index in [0.29, 0.717) is 35.9 Å². The molecule has 0 aliphatic rings. The van der Waals surface area contributed by atoms with E-state index in [1.54, 1.807) is 43.5 Å². The van der Waals surface area contributed by atoms with E-state index >= 15 is 0 Å². The summed E-state index contributed by atoms with van der Waals surface area (Å²) in [6.07, 6.45) is 1.20. The zero-order chi connectivity index (χ0) is 24.7. The van der Waals surface area contributed by atoms with Crippen LogP contribution in [-0.4, -0.2) is 40.8 Å². The van der Waals surface area contributed by atoms with Gasteiger partial charge in [-0.05, 0) is 54.8 Å². The number of hydrogen-bond acceptors (Lipinski definition) is 5. The smallest absolute Gasteiger partial charge is 0.251 e. The highest BCUT2D eigenvalue weighted by atomic mass is 32.2. The lowest BCUT2D eigenvalue weighted by Crippen LogP contribution is -2.31. The van der Waals surface area contributed by atoms with E-state index in [0.717, 1.165) is 16.7 Å². The van der Waals surface area contributed by atoms with Gasteiger partial charge in [0.15, 0.2) is 11.5 Å². The van der Waals surface area contributed by atoms with Crippen LogP contribution in [0.4, 0.5) is 5.69 Å². The molecule has 0 atom stereocenters. The van der Waals surface area contributed by atoms with E-state index in [1.807, 2.05) is 44.2 Å². The largest absolute Gasteiger partial charge is 0.493 e. The molecule has 34 heavy (non-hydrogen) atoms. The molecule has 0 aromatic heterocycles. The van der Waals surface area contributed by atoms with Gasteiger partial charge in [0.05, 0.1) is 32.1 Å².